The molecule has 4 nitrogen and oxygen atoms in total. The normalized spacial score (nSPS) is 17.5. The minimum absolute atomic E-state index is 0.196. The highest BCUT2D eigenvalue weighted by atomic mass is 16.4. The van der Waals surface area contributed by atoms with Gasteiger partial charge in [0, 0.05) is 6.20 Å². The predicted octanol–water partition coefficient (Wildman–Crippen LogP) is 1.73. The van der Waals surface area contributed by atoms with E-state index < -0.39 is 11.4 Å². The lowest BCUT2D eigenvalue weighted by molar-refractivity contribution is 0.0696. The number of rotatable bonds is 2. The Morgan fingerprint density at radius 2 is 2.33 bits per heavy atom. The van der Waals surface area contributed by atoms with Crippen molar-refractivity contribution in [3.63, 3.8) is 0 Å². The Hall–Kier alpha value is -1.89. The largest absolute Gasteiger partial charge is 0.478 e. The van der Waals surface area contributed by atoms with Crippen molar-refractivity contribution in [1.82, 2.24) is 4.98 Å². The molecule has 0 atom stereocenters. The Bertz CT molecular complexity index is 444. The Kier molecular flexibility index (Phi) is 2.16. The number of aromatic carboxylic acids is 1. The number of nitrogens with zero attached hydrogens (tertiary/aromatic N) is 2. The zero-order chi connectivity index (χ0) is 10.9. The van der Waals surface area contributed by atoms with Gasteiger partial charge in [0.1, 0.15) is 0 Å². The smallest absolute Gasteiger partial charge is 0.335 e. The molecule has 15 heavy (non-hydrogen) atoms. The van der Waals surface area contributed by atoms with Gasteiger partial charge in [-0.25, -0.2) is 4.79 Å². The number of carboxylic acids is 1. The van der Waals surface area contributed by atoms with Crippen LogP contribution in [0.2, 0.25) is 0 Å². The summed E-state index contributed by atoms with van der Waals surface area (Å²) in [5, 5.41) is 17.9. The van der Waals surface area contributed by atoms with Crippen molar-refractivity contribution in [2.75, 3.05) is 0 Å². The molecule has 1 aromatic rings. The van der Waals surface area contributed by atoms with Crippen LogP contribution in [-0.2, 0) is 5.41 Å². The van der Waals surface area contributed by atoms with Gasteiger partial charge in [-0.3, -0.25) is 4.98 Å². The lowest BCUT2D eigenvalue weighted by Gasteiger charge is -2.34. The van der Waals surface area contributed by atoms with Crippen molar-refractivity contribution < 1.29 is 9.90 Å². The van der Waals surface area contributed by atoms with Crippen molar-refractivity contribution in [1.29, 1.82) is 5.26 Å². The molecule has 0 unspecified atom stereocenters. The topological polar surface area (TPSA) is 74.0 Å². The number of carbonyl (C=O) groups is 1. The molecule has 0 spiro atoms. The van der Waals surface area contributed by atoms with E-state index in [0.717, 1.165) is 19.3 Å². The molecule has 1 saturated carbocycles. The first kappa shape index (κ1) is 9.66. The van der Waals surface area contributed by atoms with Crippen molar-refractivity contribution >= 4 is 5.97 Å². The van der Waals surface area contributed by atoms with E-state index in [9.17, 15) is 4.79 Å². The molecule has 76 valence electrons. The third-order valence-corrected chi connectivity index (χ3v) is 2.92. The second kappa shape index (κ2) is 3.35. The number of nitriles is 1. The van der Waals surface area contributed by atoms with Crippen LogP contribution in [0.3, 0.4) is 0 Å². The summed E-state index contributed by atoms with van der Waals surface area (Å²) < 4.78 is 0. The van der Waals surface area contributed by atoms with Crippen LogP contribution in [0.4, 0.5) is 0 Å². The first-order valence-electron chi connectivity index (χ1n) is 4.79. The summed E-state index contributed by atoms with van der Waals surface area (Å²) in [5.41, 5.74) is 0.253. The van der Waals surface area contributed by atoms with E-state index in [1.807, 2.05) is 0 Å². The molecule has 2 rings (SSSR count). The highest BCUT2D eigenvalue weighted by molar-refractivity contribution is 5.87. The summed E-state index contributed by atoms with van der Waals surface area (Å²) in [6.07, 6.45) is 4.02. The Balaban J connectivity index is 2.41. The number of hydrogen-bond donors (Lipinski definition) is 1. The first-order valence-corrected chi connectivity index (χ1v) is 4.79. The van der Waals surface area contributed by atoms with Crippen LogP contribution in [0, 0.1) is 11.3 Å². The van der Waals surface area contributed by atoms with Crippen LogP contribution >= 0.6 is 0 Å². The van der Waals surface area contributed by atoms with Gasteiger partial charge in [-0.05, 0) is 31.4 Å². The summed E-state index contributed by atoms with van der Waals surface area (Å²) in [4.78, 5) is 14.9. The first-order chi connectivity index (χ1) is 7.18. The Labute approximate surface area is 87.2 Å². The van der Waals surface area contributed by atoms with E-state index in [0.29, 0.717) is 5.69 Å². The number of pyridine rings is 1. The molecule has 1 aliphatic carbocycles. The summed E-state index contributed by atoms with van der Waals surface area (Å²) in [6, 6.07) is 5.19. The third kappa shape index (κ3) is 1.46. The van der Waals surface area contributed by atoms with E-state index in [-0.39, 0.29) is 5.56 Å². The highest BCUT2D eigenvalue weighted by Gasteiger charge is 2.40. The standard InChI is InChI=1S/C11H10N2O2/c12-7-11(3-1-4-11)9-6-8(10(14)15)2-5-13-9/h2,5-6H,1,3-4H2,(H,14,15). The average molecular weight is 202 g/mol. The van der Waals surface area contributed by atoms with E-state index >= 15 is 0 Å². The molecule has 1 heterocycles. The molecular weight excluding hydrogens is 192 g/mol. The quantitative estimate of drug-likeness (QED) is 0.792. The molecule has 1 aliphatic rings. The van der Waals surface area contributed by atoms with Gasteiger partial charge in [0.05, 0.1) is 22.7 Å². The second-order valence-electron chi connectivity index (χ2n) is 3.78. The van der Waals surface area contributed by atoms with Crippen LogP contribution in [0.5, 0.6) is 0 Å². The molecule has 0 bridgehead atoms. The minimum Gasteiger partial charge on any atom is -0.478 e. The van der Waals surface area contributed by atoms with Crippen LogP contribution in [0.15, 0.2) is 18.3 Å². The lowest BCUT2D eigenvalue weighted by atomic mass is 9.67. The number of carboxylic acid groups (broad SMARTS) is 1. The second-order valence-corrected chi connectivity index (χ2v) is 3.78. The molecular formula is C11H10N2O2. The van der Waals surface area contributed by atoms with Gasteiger partial charge in [-0.15, -0.1) is 0 Å². The summed E-state index contributed by atoms with van der Waals surface area (Å²) >= 11 is 0. The zero-order valence-electron chi connectivity index (χ0n) is 8.10. The van der Waals surface area contributed by atoms with Gasteiger partial charge >= 0.3 is 5.97 Å². The van der Waals surface area contributed by atoms with Crippen molar-refractivity contribution in [3.8, 4) is 6.07 Å². The third-order valence-electron chi connectivity index (χ3n) is 2.92. The van der Waals surface area contributed by atoms with E-state index in [1.165, 1.54) is 18.3 Å². The number of aromatic nitrogens is 1. The fourth-order valence-corrected chi connectivity index (χ4v) is 1.78. The summed E-state index contributed by atoms with van der Waals surface area (Å²) in [6.45, 7) is 0. The summed E-state index contributed by atoms with van der Waals surface area (Å²) in [5.74, 6) is -0.980. The van der Waals surface area contributed by atoms with Gasteiger partial charge in [0.15, 0.2) is 0 Å². The van der Waals surface area contributed by atoms with Gasteiger partial charge in [-0.1, -0.05) is 0 Å². The zero-order valence-corrected chi connectivity index (χ0v) is 8.10. The fourth-order valence-electron chi connectivity index (χ4n) is 1.78. The van der Waals surface area contributed by atoms with Crippen LogP contribution in [-0.4, -0.2) is 16.1 Å². The van der Waals surface area contributed by atoms with Crippen LogP contribution in [0.25, 0.3) is 0 Å². The molecule has 1 fully saturated rings. The Morgan fingerprint density at radius 3 is 2.80 bits per heavy atom. The average Bonchev–Trinajstić information content (AvgIpc) is 2.17. The van der Waals surface area contributed by atoms with Gasteiger partial charge in [0.25, 0.3) is 0 Å². The van der Waals surface area contributed by atoms with Crippen molar-refractivity contribution in [2.24, 2.45) is 0 Å². The highest BCUT2D eigenvalue weighted by Crippen LogP contribution is 2.42. The SMILES string of the molecule is N#CC1(c2cc(C(=O)O)ccn2)CCC1. The summed E-state index contributed by atoms with van der Waals surface area (Å²) in [7, 11) is 0. The van der Waals surface area contributed by atoms with Gasteiger partial charge in [0.2, 0.25) is 0 Å². The minimum atomic E-state index is -0.980. The van der Waals surface area contributed by atoms with Crippen molar-refractivity contribution in [3.05, 3.63) is 29.6 Å². The van der Waals surface area contributed by atoms with Gasteiger partial charge < -0.3 is 5.11 Å². The lowest BCUT2D eigenvalue weighted by Crippen LogP contribution is -2.33. The molecule has 0 radical (unpaired) electrons. The molecule has 0 amide bonds. The fraction of sp³-hybridized carbons (Fsp3) is 0.364. The molecule has 0 aliphatic heterocycles. The Morgan fingerprint density at radius 1 is 1.60 bits per heavy atom. The maximum Gasteiger partial charge on any atom is 0.335 e. The molecule has 1 aromatic heterocycles. The monoisotopic (exact) mass is 202 g/mol. The molecule has 0 aromatic carbocycles. The predicted molar refractivity (Wildman–Crippen MR) is 52.3 cm³/mol. The van der Waals surface area contributed by atoms with E-state index in [1.54, 1.807) is 0 Å². The van der Waals surface area contributed by atoms with E-state index in [4.69, 9.17) is 10.4 Å². The molecule has 1 N–H and O–H groups in total. The molecule has 0 saturated heterocycles. The molecule has 4 heteroatoms. The van der Waals surface area contributed by atoms with E-state index in [2.05, 4.69) is 11.1 Å². The maximum absolute atomic E-state index is 10.8. The maximum atomic E-state index is 10.8. The number of hydrogen-bond acceptors (Lipinski definition) is 3. The van der Waals surface area contributed by atoms with Gasteiger partial charge in [-0.2, -0.15) is 5.26 Å². The van der Waals surface area contributed by atoms with Crippen LogP contribution < -0.4 is 0 Å². The van der Waals surface area contributed by atoms with Crippen LogP contribution in [0.1, 0.15) is 35.3 Å². The van der Waals surface area contributed by atoms with Crippen molar-refractivity contribution in [2.45, 2.75) is 24.7 Å².